The van der Waals surface area contributed by atoms with E-state index < -0.39 is 11.6 Å². The first kappa shape index (κ1) is 19.6. The van der Waals surface area contributed by atoms with Crippen LogP contribution in [0.2, 0.25) is 0 Å². The van der Waals surface area contributed by atoms with Crippen molar-refractivity contribution >= 4 is 5.82 Å². The third-order valence-corrected chi connectivity index (χ3v) is 7.80. The maximum atomic E-state index is 14.3. The van der Waals surface area contributed by atoms with Gasteiger partial charge >= 0.3 is 0 Å². The summed E-state index contributed by atoms with van der Waals surface area (Å²) in [5.74, 6) is 0.397. The number of nitrogens with zero attached hydrogens (tertiary/aromatic N) is 3. The van der Waals surface area contributed by atoms with Gasteiger partial charge in [-0.25, -0.2) is 8.78 Å². The van der Waals surface area contributed by atoms with E-state index in [0.717, 1.165) is 62.3 Å². The lowest BCUT2D eigenvalue weighted by molar-refractivity contribution is 0.233. The number of hydrogen-bond donors (Lipinski definition) is 1. The van der Waals surface area contributed by atoms with Crippen LogP contribution in [-0.2, 0) is 5.41 Å². The maximum Gasteiger partial charge on any atom is 0.249 e. The van der Waals surface area contributed by atoms with Crippen LogP contribution in [-0.4, -0.2) is 28.3 Å². The molecule has 2 bridgehead atoms. The molecule has 3 atom stereocenters. The van der Waals surface area contributed by atoms with Gasteiger partial charge in [0.25, 0.3) is 0 Å². The molecule has 164 valence electrons. The van der Waals surface area contributed by atoms with Crippen molar-refractivity contribution in [3.05, 3.63) is 75.7 Å². The minimum atomic E-state index is -0.614. The van der Waals surface area contributed by atoms with Crippen molar-refractivity contribution in [3.8, 4) is 11.3 Å². The third kappa shape index (κ3) is 2.90. The smallest absolute Gasteiger partial charge is 0.249 e. The SMILES string of the molecule is O=c1cccc(N2CCC[C@H]([C@]34CC[C@H](C3)c3cc(-c5c(F)cccc5F)nnc34)C2)[nH]1. The van der Waals surface area contributed by atoms with Crippen molar-refractivity contribution in [1.29, 1.82) is 0 Å². The molecule has 0 radical (unpaired) electrons. The molecule has 1 saturated carbocycles. The van der Waals surface area contributed by atoms with E-state index in [1.54, 1.807) is 6.07 Å². The van der Waals surface area contributed by atoms with E-state index in [1.165, 1.54) is 24.3 Å². The van der Waals surface area contributed by atoms with Crippen LogP contribution in [0.15, 0.2) is 47.3 Å². The highest BCUT2D eigenvalue weighted by molar-refractivity contribution is 5.62. The number of pyridine rings is 1. The summed E-state index contributed by atoms with van der Waals surface area (Å²) in [6, 6.07) is 11.0. The Morgan fingerprint density at radius 3 is 2.69 bits per heavy atom. The largest absolute Gasteiger partial charge is 0.358 e. The molecule has 7 heteroatoms. The lowest BCUT2D eigenvalue weighted by Gasteiger charge is -2.43. The van der Waals surface area contributed by atoms with Gasteiger partial charge in [0.2, 0.25) is 5.56 Å². The summed E-state index contributed by atoms with van der Waals surface area (Å²) in [6.45, 7) is 1.78. The molecule has 1 aromatic carbocycles. The first-order valence-corrected chi connectivity index (χ1v) is 11.3. The van der Waals surface area contributed by atoms with Gasteiger partial charge in [-0.1, -0.05) is 12.1 Å². The summed E-state index contributed by atoms with van der Waals surface area (Å²) in [4.78, 5) is 17.0. The third-order valence-electron chi connectivity index (χ3n) is 7.80. The van der Waals surface area contributed by atoms with Crippen molar-refractivity contribution in [1.82, 2.24) is 15.2 Å². The topological polar surface area (TPSA) is 61.9 Å². The standard InChI is InChI=1S/C25H24F2N4O/c26-18-5-1-6-19(27)23(18)20-12-17-15-9-10-25(13-15,24(17)30-29-20)16-4-3-11-31(14-16)21-7-2-8-22(32)28-21/h1-2,5-8,12,15-16H,3-4,9-11,13-14H2,(H,28,32)/t15-,16+,25+/m1/s1. The number of anilines is 1. The summed E-state index contributed by atoms with van der Waals surface area (Å²) in [5.41, 5.74) is 2.16. The fourth-order valence-corrected chi connectivity index (χ4v) is 6.36. The van der Waals surface area contributed by atoms with E-state index in [4.69, 9.17) is 0 Å². The summed E-state index contributed by atoms with van der Waals surface area (Å²) in [7, 11) is 0. The van der Waals surface area contributed by atoms with Gasteiger partial charge in [0.05, 0.1) is 17.0 Å². The van der Waals surface area contributed by atoms with E-state index in [-0.39, 0.29) is 22.2 Å². The number of aromatic amines is 1. The normalized spacial score (nSPS) is 26.4. The number of nitrogens with one attached hydrogen (secondary N) is 1. The zero-order valence-electron chi connectivity index (χ0n) is 17.7. The number of aromatic nitrogens is 3. The van der Waals surface area contributed by atoms with Gasteiger partial charge in [-0.2, -0.15) is 10.2 Å². The average molecular weight is 434 g/mol. The highest BCUT2D eigenvalue weighted by Gasteiger charge is 2.55. The summed E-state index contributed by atoms with van der Waals surface area (Å²) in [6.07, 6.45) is 5.30. The molecular formula is C25H24F2N4O. The second-order valence-corrected chi connectivity index (χ2v) is 9.41. The highest BCUT2D eigenvalue weighted by Crippen LogP contribution is 2.61. The van der Waals surface area contributed by atoms with Crippen LogP contribution in [0.3, 0.4) is 0 Å². The fraction of sp³-hybridized carbons (Fsp3) is 0.400. The predicted octanol–water partition coefficient (Wildman–Crippen LogP) is 4.55. The molecule has 1 N–H and O–H groups in total. The molecule has 32 heavy (non-hydrogen) atoms. The number of hydrogen-bond acceptors (Lipinski definition) is 4. The second kappa shape index (κ2) is 7.22. The average Bonchev–Trinajstić information content (AvgIpc) is 3.38. The lowest BCUT2D eigenvalue weighted by atomic mass is 9.69. The first-order chi connectivity index (χ1) is 15.5. The van der Waals surface area contributed by atoms with Gasteiger partial charge in [0, 0.05) is 24.6 Å². The quantitative estimate of drug-likeness (QED) is 0.657. The molecule has 0 amide bonds. The van der Waals surface area contributed by atoms with Crippen LogP contribution >= 0.6 is 0 Å². The van der Waals surface area contributed by atoms with Gasteiger partial charge < -0.3 is 9.88 Å². The molecular weight excluding hydrogens is 410 g/mol. The summed E-state index contributed by atoms with van der Waals surface area (Å²) >= 11 is 0. The van der Waals surface area contributed by atoms with Crippen LogP contribution in [0.5, 0.6) is 0 Å². The minimum absolute atomic E-state index is 0.0486. The number of H-pyrrole nitrogens is 1. The van der Waals surface area contributed by atoms with E-state index in [1.807, 2.05) is 12.1 Å². The first-order valence-electron chi connectivity index (χ1n) is 11.3. The molecule has 0 unspecified atom stereocenters. The maximum absolute atomic E-state index is 14.3. The molecule has 2 fully saturated rings. The van der Waals surface area contributed by atoms with Crippen molar-refractivity contribution in [2.75, 3.05) is 18.0 Å². The van der Waals surface area contributed by atoms with Gasteiger partial charge in [-0.05, 0) is 73.8 Å². The molecule has 0 spiro atoms. The van der Waals surface area contributed by atoms with E-state index >= 15 is 0 Å². The number of halogens is 2. The zero-order valence-corrected chi connectivity index (χ0v) is 17.7. The zero-order chi connectivity index (χ0) is 21.9. The predicted molar refractivity (Wildman–Crippen MR) is 118 cm³/mol. The van der Waals surface area contributed by atoms with Gasteiger partial charge in [-0.15, -0.1) is 0 Å². The fourth-order valence-electron chi connectivity index (χ4n) is 6.36. The Bertz CT molecular complexity index is 1240. The van der Waals surface area contributed by atoms with Gasteiger partial charge in [-0.3, -0.25) is 4.79 Å². The number of fused-ring (bicyclic) bond motifs is 5. The number of piperidine rings is 1. The Labute approximate surface area is 184 Å². The molecule has 6 rings (SSSR count). The van der Waals surface area contributed by atoms with Gasteiger partial charge in [0.15, 0.2) is 0 Å². The van der Waals surface area contributed by atoms with Crippen LogP contribution < -0.4 is 10.5 Å². The highest BCUT2D eigenvalue weighted by atomic mass is 19.1. The Morgan fingerprint density at radius 1 is 1.06 bits per heavy atom. The van der Waals surface area contributed by atoms with Crippen LogP contribution in [0, 0.1) is 17.6 Å². The van der Waals surface area contributed by atoms with E-state index in [9.17, 15) is 13.6 Å². The molecule has 2 aromatic heterocycles. The van der Waals surface area contributed by atoms with E-state index in [0.29, 0.717) is 11.8 Å². The van der Waals surface area contributed by atoms with Crippen molar-refractivity contribution in [2.45, 2.75) is 43.4 Å². The van der Waals surface area contributed by atoms with Crippen LogP contribution in [0.4, 0.5) is 14.6 Å². The molecule has 5 nitrogen and oxygen atoms in total. The molecule has 1 aliphatic heterocycles. The molecule has 2 aliphatic carbocycles. The van der Waals surface area contributed by atoms with Crippen molar-refractivity contribution in [2.24, 2.45) is 5.92 Å². The molecule has 3 aliphatic rings. The Kier molecular flexibility index (Phi) is 4.42. The van der Waals surface area contributed by atoms with E-state index in [2.05, 4.69) is 20.1 Å². The number of benzene rings is 1. The molecule has 1 saturated heterocycles. The monoisotopic (exact) mass is 434 g/mol. The van der Waals surface area contributed by atoms with Gasteiger partial charge in [0.1, 0.15) is 17.5 Å². The lowest BCUT2D eigenvalue weighted by Crippen LogP contribution is -2.45. The molecule has 3 aromatic rings. The Hall–Kier alpha value is -3.09. The second-order valence-electron chi connectivity index (χ2n) is 9.41. The Morgan fingerprint density at radius 2 is 1.88 bits per heavy atom. The van der Waals surface area contributed by atoms with Crippen LogP contribution in [0.25, 0.3) is 11.3 Å². The summed E-state index contributed by atoms with van der Waals surface area (Å²) < 4.78 is 28.7. The Balaban J connectivity index is 1.35. The van der Waals surface area contributed by atoms with Crippen LogP contribution in [0.1, 0.15) is 49.3 Å². The van der Waals surface area contributed by atoms with Crippen molar-refractivity contribution in [3.63, 3.8) is 0 Å². The molecule has 3 heterocycles. The van der Waals surface area contributed by atoms with Crippen molar-refractivity contribution < 1.29 is 8.78 Å². The number of rotatable bonds is 3. The summed E-state index contributed by atoms with van der Waals surface area (Å²) in [5, 5.41) is 8.90. The minimum Gasteiger partial charge on any atom is -0.358 e.